The molecule has 0 radical (unpaired) electrons. The lowest BCUT2D eigenvalue weighted by Gasteiger charge is -2.45. The van der Waals surface area contributed by atoms with Crippen molar-refractivity contribution in [3.63, 3.8) is 0 Å². The molecule has 1 N–H and O–H groups in total. The lowest BCUT2D eigenvalue weighted by Crippen LogP contribution is -2.45. The van der Waals surface area contributed by atoms with E-state index in [4.69, 9.17) is 16.3 Å². The van der Waals surface area contributed by atoms with Crippen molar-refractivity contribution < 1.29 is 9.53 Å². The smallest absolute Gasteiger partial charge is 0.274 e. The zero-order chi connectivity index (χ0) is 20.5. The molecule has 0 saturated carbocycles. The Labute approximate surface area is 170 Å². The van der Waals surface area contributed by atoms with Gasteiger partial charge in [0.25, 0.3) is 5.91 Å². The van der Waals surface area contributed by atoms with Gasteiger partial charge in [0.1, 0.15) is 10.9 Å². The van der Waals surface area contributed by atoms with Gasteiger partial charge in [-0.3, -0.25) is 4.79 Å². The van der Waals surface area contributed by atoms with Gasteiger partial charge in [-0.1, -0.05) is 18.5 Å². The van der Waals surface area contributed by atoms with Crippen molar-refractivity contribution in [3.8, 4) is 5.75 Å². The van der Waals surface area contributed by atoms with Gasteiger partial charge in [-0.2, -0.15) is 5.10 Å². The second-order valence-electron chi connectivity index (χ2n) is 7.67. The first kappa shape index (κ1) is 20.1. The quantitative estimate of drug-likeness (QED) is 0.473. The summed E-state index contributed by atoms with van der Waals surface area (Å²) in [6.07, 6.45) is 4.17. The maximum atomic E-state index is 12.2. The number of carbonyl (C=O) groups is 1. The first-order chi connectivity index (χ1) is 13.2. The number of rotatable bonds is 4. The van der Waals surface area contributed by atoms with E-state index in [1.54, 1.807) is 25.5 Å². The summed E-state index contributed by atoms with van der Waals surface area (Å²) < 4.78 is 5.56. The topological polar surface area (TPSA) is 66.8 Å². The van der Waals surface area contributed by atoms with E-state index in [2.05, 4.69) is 54.3 Å². The van der Waals surface area contributed by atoms with Gasteiger partial charge >= 0.3 is 0 Å². The summed E-state index contributed by atoms with van der Waals surface area (Å²) in [7, 11) is 3.74. The zero-order valence-electron chi connectivity index (χ0n) is 16.8. The van der Waals surface area contributed by atoms with Crippen LogP contribution < -0.4 is 15.1 Å². The van der Waals surface area contributed by atoms with Crippen LogP contribution in [0.4, 0.5) is 5.69 Å². The number of nitrogens with zero attached hydrogens (tertiary/aromatic N) is 3. The minimum absolute atomic E-state index is 0.0734. The molecule has 1 aliphatic heterocycles. The molecule has 148 valence electrons. The Hall–Kier alpha value is -2.60. The van der Waals surface area contributed by atoms with Crippen molar-refractivity contribution in [2.24, 2.45) is 5.10 Å². The molecule has 6 nitrogen and oxygen atoms in total. The fourth-order valence-corrected chi connectivity index (χ4v) is 3.87. The number of halogens is 1. The van der Waals surface area contributed by atoms with Crippen LogP contribution in [0.1, 0.15) is 54.6 Å². The molecule has 3 rings (SSSR count). The molecule has 0 bridgehead atoms. The molecule has 1 unspecified atom stereocenters. The van der Waals surface area contributed by atoms with E-state index in [-0.39, 0.29) is 16.3 Å². The van der Waals surface area contributed by atoms with E-state index in [1.807, 2.05) is 6.07 Å². The van der Waals surface area contributed by atoms with Gasteiger partial charge in [0.05, 0.1) is 18.9 Å². The molecule has 1 amide bonds. The average molecular weight is 401 g/mol. The molecule has 7 heteroatoms. The highest BCUT2D eigenvalue weighted by atomic mass is 35.5. The number of benzene rings is 1. The number of pyridine rings is 1. The Morgan fingerprint density at radius 3 is 2.89 bits per heavy atom. The number of fused-ring (bicyclic) bond motifs is 1. The summed E-state index contributed by atoms with van der Waals surface area (Å²) in [6.45, 7) is 6.72. The molecule has 2 heterocycles. The van der Waals surface area contributed by atoms with Gasteiger partial charge in [-0.25, -0.2) is 10.4 Å². The minimum atomic E-state index is -0.416. The summed E-state index contributed by atoms with van der Waals surface area (Å²) in [5, 5.41) is 4.22. The Bertz CT molecular complexity index is 927. The first-order valence-electron chi connectivity index (χ1n) is 9.14. The molecule has 0 fully saturated rings. The van der Waals surface area contributed by atoms with Gasteiger partial charge in [0.2, 0.25) is 0 Å². The van der Waals surface area contributed by atoms with E-state index in [0.29, 0.717) is 11.7 Å². The Balaban J connectivity index is 1.87. The second kappa shape index (κ2) is 7.80. The predicted octanol–water partition coefficient (Wildman–Crippen LogP) is 4.23. The number of anilines is 1. The Morgan fingerprint density at radius 1 is 1.46 bits per heavy atom. The van der Waals surface area contributed by atoms with Crippen LogP contribution in [0.15, 0.2) is 35.6 Å². The summed E-state index contributed by atoms with van der Waals surface area (Å²) in [5.41, 5.74) is 6.04. The maximum absolute atomic E-state index is 12.2. The van der Waals surface area contributed by atoms with Crippen LogP contribution in [0.5, 0.6) is 5.75 Å². The van der Waals surface area contributed by atoms with Gasteiger partial charge in [0.15, 0.2) is 0 Å². The van der Waals surface area contributed by atoms with E-state index < -0.39 is 5.91 Å². The largest absolute Gasteiger partial charge is 0.496 e. The van der Waals surface area contributed by atoms with Crippen LogP contribution in [0.2, 0.25) is 5.15 Å². The van der Waals surface area contributed by atoms with E-state index in [9.17, 15) is 4.79 Å². The molecular weight excluding hydrogens is 376 g/mol. The van der Waals surface area contributed by atoms with Crippen LogP contribution in [-0.2, 0) is 0 Å². The SMILES string of the molecule is COc1cc2c(cc1/C=N\NC(=O)c1cccnc1Cl)C(C)CC(C)(C)N2C. The maximum Gasteiger partial charge on any atom is 0.274 e. The van der Waals surface area contributed by atoms with Crippen molar-refractivity contribution in [3.05, 3.63) is 52.3 Å². The van der Waals surface area contributed by atoms with Crippen molar-refractivity contribution in [1.29, 1.82) is 0 Å². The molecule has 1 aromatic carbocycles. The monoisotopic (exact) mass is 400 g/mol. The molecule has 2 aromatic rings. The lowest BCUT2D eigenvalue weighted by atomic mass is 9.80. The zero-order valence-corrected chi connectivity index (χ0v) is 17.5. The Kier molecular flexibility index (Phi) is 5.61. The minimum Gasteiger partial charge on any atom is -0.496 e. The molecule has 0 aliphatic carbocycles. The van der Waals surface area contributed by atoms with E-state index >= 15 is 0 Å². The number of hydrogen-bond donors (Lipinski definition) is 1. The molecular formula is C21H25ClN4O2. The number of methoxy groups -OCH3 is 1. The summed E-state index contributed by atoms with van der Waals surface area (Å²) >= 11 is 5.95. The second-order valence-corrected chi connectivity index (χ2v) is 8.03. The predicted molar refractivity (Wildman–Crippen MR) is 113 cm³/mol. The number of hydrazone groups is 1. The first-order valence-corrected chi connectivity index (χ1v) is 9.52. The fraction of sp³-hybridized carbons (Fsp3) is 0.381. The van der Waals surface area contributed by atoms with Crippen LogP contribution in [0, 0.1) is 0 Å². The molecule has 1 aliphatic rings. The lowest BCUT2D eigenvalue weighted by molar-refractivity contribution is 0.0955. The van der Waals surface area contributed by atoms with E-state index in [1.165, 1.54) is 11.8 Å². The number of aromatic nitrogens is 1. The third-order valence-corrected chi connectivity index (χ3v) is 5.66. The van der Waals surface area contributed by atoms with Gasteiger partial charge in [0, 0.05) is 36.1 Å². The van der Waals surface area contributed by atoms with Crippen LogP contribution >= 0.6 is 11.6 Å². The molecule has 0 spiro atoms. The third kappa shape index (κ3) is 3.83. The number of carbonyl (C=O) groups excluding carboxylic acids is 1. The van der Waals surface area contributed by atoms with Crippen molar-refractivity contribution in [2.45, 2.75) is 38.6 Å². The highest BCUT2D eigenvalue weighted by Gasteiger charge is 2.34. The van der Waals surface area contributed by atoms with Crippen LogP contribution in [-0.4, -0.2) is 36.8 Å². The summed E-state index contributed by atoms with van der Waals surface area (Å²) in [4.78, 5) is 18.4. The van der Waals surface area contributed by atoms with Gasteiger partial charge in [-0.05, 0) is 49.9 Å². The van der Waals surface area contributed by atoms with Crippen LogP contribution in [0.3, 0.4) is 0 Å². The fourth-order valence-electron chi connectivity index (χ4n) is 3.66. The number of hydrogen-bond acceptors (Lipinski definition) is 5. The van der Waals surface area contributed by atoms with Gasteiger partial charge < -0.3 is 9.64 Å². The number of nitrogens with one attached hydrogen (secondary N) is 1. The molecule has 0 saturated heterocycles. The average Bonchev–Trinajstić information content (AvgIpc) is 2.65. The highest BCUT2D eigenvalue weighted by Crippen LogP contribution is 2.44. The highest BCUT2D eigenvalue weighted by molar-refractivity contribution is 6.32. The van der Waals surface area contributed by atoms with Crippen LogP contribution in [0.25, 0.3) is 0 Å². The molecule has 28 heavy (non-hydrogen) atoms. The third-order valence-electron chi connectivity index (χ3n) is 5.36. The number of amides is 1. The van der Waals surface area contributed by atoms with Gasteiger partial charge in [-0.15, -0.1) is 0 Å². The summed E-state index contributed by atoms with van der Waals surface area (Å²) in [6, 6.07) is 7.36. The van der Waals surface area contributed by atoms with Crippen molar-refractivity contribution >= 4 is 29.4 Å². The van der Waals surface area contributed by atoms with Crippen molar-refractivity contribution in [2.75, 3.05) is 19.1 Å². The van der Waals surface area contributed by atoms with Crippen molar-refractivity contribution in [1.82, 2.24) is 10.4 Å². The number of ether oxygens (including phenoxy) is 1. The normalized spacial score (nSPS) is 18.1. The standard InChI is InChI=1S/C21H25ClN4O2/c1-13-11-21(2,3)26(4)17-10-18(28-5)14(9-16(13)17)12-24-25-20(27)15-7-6-8-23-19(15)22/h6-10,12-13H,11H2,1-5H3,(H,25,27)/b24-12-. The molecule has 1 aromatic heterocycles. The Morgan fingerprint density at radius 2 is 2.21 bits per heavy atom. The summed E-state index contributed by atoms with van der Waals surface area (Å²) in [5.74, 6) is 0.692. The van der Waals surface area contributed by atoms with E-state index in [0.717, 1.165) is 17.7 Å². The molecule has 1 atom stereocenters.